The Balaban J connectivity index is 1.82. The number of likely N-dealkylation sites (tertiary alicyclic amines) is 1. The number of piperidine rings is 1. The largest absolute Gasteiger partial charge is 0.478 e. The van der Waals surface area contributed by atoms with Crippen molar-refractivity contribution < 1.29 is 19.1 Å². The zero-order valence-corrected chi connectivity index (χ0v) is 10.6. The van der Waals surface area contributed by atoms with Crippen molar-refractivity contribution >= 4 is 5.97 Å². The van der Waals surface area contributed by atoms with E-state index in [1.54, 1.807) is 6.07 Å². The third-order valence-corrected chi connectivity index (χ3v) is 3.22. The second-order valence-corrected chi connectivity index (χ2v) is 4.54. The predicted molar refractivity (Wildman–Crippen MR) is 65.6 cm³/mol. The van der Waals surface area contributed by atoms with Crippen LogP contribution in [0.4, 0.5) is 0 Å². The Hall–Kier alpha value is -1.33. The summed E-state index contributed by atoms with van der Waals surface area (Å²) in [5, 5.41) is 8.81. The summed E-state index contributed by atoms with van der Waals surface area (Å²) in [5.41, 5.74) is 0.217. The Morgan fingerprint density at radius 1 is 1.56 bits per heavy atom. The van der Waals surface area contributed by atoms with E-state index in [-0.39, 0.29) is 5.56 Å². The zero-order chi connectivity index (χ0) is 13.0. The molecule has 0 aliphatic carbocycles. The second-order valence-electron chi connectivity index (χ2n) is 4.54. The lowest BCUT2D eigenvalue weighted by atomic mass is 10.1. The van der Waals surface area contributed by atoms with Crippen LogP contribution >= 0.6 is 0 Å². The Labute approximate surface area is 106 Å². The normalized spacial score (nSPS) is 18.1. The lowest BCUT2D eigenvalue weighted by Crippen LogP contribution is -2.36. The van der Waals surface area contributed by atoms with Crippen LogP contribution in [0.2, 0.25) is 0 Å². The third-order valence-electron chi connectivity index (χ3n) is 3.22. The van der Waals surface area contributed by atoms with Crippen LogP contribution in [0, 0.1) is 0 Å². The average Bonchev–Trinajstić information content (AvgIpc) is 2.81. The monoisotopic (exact) mass is 253 g/mol. The minimum atomic E-state index is -0.944. The molecule has 0 saturated carbocycles. The van der Waals surface area contributed by atoms with E-state index < -0.39 is 5.97 Å². The highest BCUT2D eigenvalue weighted by Gasteiger charge is 2.20. The SMILES string of the molecule is CCOC1CCN(Cc2cc(C(=O)O)co2)CC1. The molecule has 0 aromatic carbocycles. The van der Waals surface area contributed by atoms with Gasteiger partial charge in [0, 0.05) is 19.7 Å². The number of nitrogens with zero attached hydrogens (tertiary/aromatic N) is 1. The van der Waals surface area contributed by atoms with Gasteiger partial charge in [0.1, 0.15) is 12.0 Å². The summed E-state index contributed by atoms with van der Waals surface area (Å²) in [6.07, 6.45) is 3.73. The fourth-order valence-corrected chi connectivity index (χ4v) is 2.27. The first kappa shape index (κ1) is 13.1. The van der Waals surface area contributed by atoms with Gasteiger partial charge in [0.05, 0.1) is 18.2 Å². The zero-order valence-electron chi connectivity index (χ0n) is 10.6. The van der Waals surface area contributed by atoms with Gasteiger partial charge in [-0.2, -0.15) is 0 Å². The Kier molecular flexibility index (Phi) is 4.38. The maximum absolute atomic E-state index is 10.7. The number of furan rings is 1. The van der Waals surface area contributed by atoms with Crippen molar-refractivity contribution in [3.05, 3.63) is 23.7 Å². The van der Waals surface area contributed by atoms with Crippen LogP contribution in [0.25, 0.3) is 0 Å². The fourth-order valence-electron chi connectivity index (χ4n) is 2.27. The number of aromatic carboxylic acids is 1. The highest BCUT2D eigenvalue weighted by atomic mass is 16.5. The second kappa shape index (κ2) is 6.02. The van der Waals surface area contributed by atoms with Crippen molar-refractivity contribution in [3.8, 4) is 0 Å². The molecule has 0 unspecified atom stereocenters. The molecule has 0 amide bonds. The van der Waals surface area contributed by atoms with Crippen molar-refractivity contribution in [1.82, 2.24) is 4.90 Å². The molecule has 1 aliphatic heterocycles. The lowest BCUT2D eigenvalue weighted by molar-refractivity contribution is 0.0112. The van der Waals surface area contributed by atoms with E-state index in [4.69, 9.17) is 14.3 Å². The number of rotatable bonds is 5. The van der Waals surface area contributed by atoms with Gasteiger partial charge in [0.15, 0.2) is 0 Å². The summed E-state index contributed by atoms with van der Waals surface area (Å²) >= 11 is 0. The summed E-state index contributed by atoms with van der Waals surface area (Å²) in [4.78, 5) is 13.0. The van der Waals surface area contributed by atoms with E-state index >= 15 is 0 Å². The summed E-state index contributed by atoms with van der Waals surface area (Å²) in [6.45, 7) is 5.39. The minimum absolute atomic E-state index is 0.217. The van der Waals surface area contributed by atoms with Crippen molar-refractivity contribution in [1.29, 1.82) is 0 Å². The molecule has 2 heterocycles. The number of hydrogen-bond acceptors (Lipinski definition) is 4. The standard InChI is InChI=1S/C13H19NO4/c1-2-17-11-3-5-14(6-4-11)8-12-7-10(9-18-12)13(15)16/h7,9,11H,2-6,8H2,1H3,(H,15,16). The van der Waals surface area contributed by atoms with Crippen LogP contribution in [0.15, 0.2) is 16.7 Å². The number of carboxylic acid groups (broad SMARTS) is 1. The molecule has 18 heavy (non-hydrogen) atoms. The van der Waals surface area contributed by atoms with Crippen LogP contribution in [-0.2, 0) is 11.3 Å². The first-order valence-electron chi connectivity index (χ1n) is 6.33. The van der Waals surface area contributed by atoms with Gasteiger partial charge in [-0.05, 0) is 25.8 Å². The van der Waals surface area contributed by atoms with E-state index in [2.05, 4.69) is 4.90 Å². The van der Waals surface area contributed by atoms with Crippen LogP contribution in [-0.4, -0.2) is 41.8 Å². The topological polar surface area (TPSA) is 62.9 Å². The lowest BCUT2D eigenvalue weighted by Gasteiger charge is -2.30. The van der Waals surface area contributed by atoms with Gasteiger partial charge in [0.25, 0.3) is 0 Å². The van der Waals surface area contributed by atoms with Gasteiger partial charge >= 0.3 is 5.97 Å². The Morgan fingerprint density at radius 2 is 2.28 bits per heavy atom. The van der Waals surface area contributed by atoms with Crippen molar-refractivity contribution in [2.75, 3.05) is 19.7 Å². The average molecular weight is 253 g/mol. The van der Waals surface area contributed by atoms with E-state index in [0.717, 1.165) is 32.5 Å². The molecule has 1 aromatic heterocycles. The van der Waals surface area contributed by atoms with E-state index in [1.165, 1.54) is 6.26 Å². The highest BCUT2D eigenvalue weighted by Crippen LogP contribution is 2.17. The molecule has 1 aromatic rings. The van der Waals surface area contributed by atoms with Crippen LogP contribution < -0.4 is 0 Å². The van der Waals surface area contributed by atoms with E-state index in [1.807, 2.05) is 6.92 Å². The summed E-state index contributed by atoms with van der Waals surface area (Å²) in [6, 6.07) is 1.59. The van der Waals surface area contributed by atoms with Gasteiger partial charge in [-0.15, -0.1) is 0 Å². The molecule has 0 atom stereocenters. The van der Waals surface area contributed by atoms with Crippen molar-refractivity contribution in [2.24, 2.45) is 0 Å². The van der Waals surface area contributed by atoms with Crippen LogP contribution in [0.1, 0.15) is 35.9 Å². The number of carbonyl (C=O) groups is 1. The molecule has 1 saturated heterocycles. The molecule has 5 nitrogen and oxygen atoms in total. The molecule has 2 rings (SSSR count). The third kappa shape index (κ3) is 3.34. The Bertz CT molecular complexity index is 393. The maximum atomic E-state index is 10.7. The molecule has 0 radical (unpaired) electrons. The highest BCUT2D eigenvalue weighted by molar-refractivity contribution is 5.87. The summed E-state index contributed by atoms with van der Waals surface area (Å²) < 4.78 is 10.8. The quantitative estimate of drug-likeness (QED) is 0.869. The van der Waals surface area contributed by atoms with Crippen molar-refractivity contribution in [3.63, 3.8) is 0 Å². The molecular weight excluding hydrogens is 234 g/mol. The van der Waals surface area contributed by atoms with Gasteiger partial charge in [-0.1, -0.05) is 0 Å². The summed E-state index contributed by atoms with van der Waals surface area (Å²) in [5.74, 6) is -0.234. The van der Waals surface area contributed by atoms with Crippen molar-refractivity contribution in [2.45, 2.75) is 32.4 Å². The predicted octanol–water partition coefficient (Wildman–Crippen LogP) is 1.98. The molecule has 1 aliphatic rings. The molecule has 0 spiro atoms. The van der Waals surface area contributed by atoms with Gasteiger partial charge in [-0.25, -0.2) is 4.79 Å². The maximum Gasteiger partial charge on any atom is 0.338 e. The minimum Gasteiger partial charge on any atom is -0.478 e. The fraction of sp³-hybridized carbons (Fsp3) is 0.615. The first-order valence-corrected chi connectivity index (χ1v) is 6.33. The van der Waals surface area contributed by atoms with E-state index in [9.17, 15) is 4.79 Å². The molecule has 100 valence electrons. The number of ether oxygens (including phenoxy) is 1. The molecule has 1 N–H and O–H groups in total. The van der Waals surface area contributed by atoms with Gasteiger partial charge in [-0.3, -0.25) is 4.90 Å². The molecule has 5 heteroatoms. The van der Waals surface area contributed by atoms with E-state index in [0.29, 0.717) is 18.4 Å². The molecule has 0 bridgehead atoms. The number of carboxylic acids is 1. The molecular formula is C13H19NO4. The Morgan fingerprint density at radius 3 is 2.83 bits per heavy atom. The van der Waals surface area contributed by atoms with Crippen LogP contribution in [0.5, 0.6) is 0 Å². The van der Waals surface area contributed by atoms with Gasteiger partial charge in [0.2, 0.25) is 0 Å². The van der Waals surface area contributed by atoms with Crippen LogP contribution in [0.3, 0.4) is 0 Å². The summed E-state index contributed by atoms with van der Waals surface area (Å²) in [7, 11) is 0. The van der Waals surface area contributed by atoms with Gasteiger partial charge < -0.3 is 14.3 Å². The smallest absolute Gasteiger partial charge is 0.338 e. The first-order chi connectivity index (χ1) is 8.69. The number of hydrogen-bond donors (Lipinski definition) is 1. The molecule has 1 fully saturated rings.